The molecule has 0 saturated carbocycles. The number of amides is 1. The van der Waals surface area contributed by atoms with E-state index in [1.807, 2.05) is 26.0 Å². The van der Waals surface area contributed by atoms with Crippen molar-refractivity contribution >= 4 is 23.7 Å². The number of benzene rings is 1. The molecule has 0 bridgehead atoms. The summed E-state index contributed by atoms with van der Waals surface area (Å²) in [5.74, 6) is 0.726. The molecule has 0 spiro atoms. The van der Waals surface area contributed by atoms with Gasteiger partial charge in [0.2, 0.25) is 10.0 Å². The van der Waals surface area contributed by atoms with E-state index < -0.39 is 48.3 Å². The van der Waals surface area contributed by atoms with E-state index in [0.29, 0.717) is 31.0 Å². The van der Waals surface area contributed by atoms with Gasteiger partial charge in [0.15, 0.2) is 12.6 Å². The lowest BCUT2D eigenvalue weighted by atomic mass is 9.90. The fourth-order valence-corrected chi connectivity index (χ4v) is 8.94. The van der Waals surface area contributed by atoms with Crippen molar-refractivity contribution in [3.8, 4) is 5.75 Å². The van der Waals surface area contributed by atoms with Gasteiger partial charge in [0, 0.05) is 13.1 Å². The highest BCUT2D eigenvalue weighted by Gasteiger charge is 2.44. The Morgan fingerprint density at radius 3 is 2.45 bits per heavy atom. The third kappa shape index (κ3) is 11.0. The summed E-state index contributed by atoms with van der Waals surface area (Å²) in [6.45, 7) is 8.26. The molecule has 16 heteroatoms. The molecule has 6 unspecified atom stereocenters. The first-order valence-corrected chi connectivity index (χ1v) is 20.0. The van der Waals surface area contributed by atoms with Crippen molar-refractivity contribution in [1.29, 1.82) is 0 Å². The minimum atomic E-state index is -4.01. The molecule has 1 aliphatic carbocycles. The van der Waals surface area contributed by atoms with E-state index in [9.17, 15) is 22.9 Å². The number of nitrogens with one attached hydrogen (secondary N) is 1. The van der Waals surface area contributed by atoms with Crippen LogP contribution in [0.4, 0.5) is 4.79 Å². The van der Waals surface area contributed by atoms with Gasteiger partial charge in [-0.25, -0.2) is 13.2 Å². The fourth-order valence-electron chi connectivity index (χ4n) is 6.01. The van der Waals surface area contributed by atoms with Gasteiger partial charge in [0.25, 0.3) is 0 Å². The van der Waals surface area contributed by atoms with Gasteiger partial charge in [0.05, 0.1) is 56.5 Å². The highest BCUT2D eigenvalue weighted by Crippen LogP contribution is 2.48. The molecule has 3 aliphatic rings. The summed E-state index contributed by atoms with van der Waals surface area (Å²) in [4.78, 5) is 13.3. The number of sulfonamides is 1. The van der Waals surface area contributed by atoms with Crippen molar-refractivity contribution in [3.63, 3.8) is 0 Å². The van der Waals surface area contributed by atoms with E-state index >= 15 is 0 Å². The molecule has 2 saturated heterocycles. The Kier molecular flexibility index (Phi) is 14.5. The van der Waals surface area contributed by atoms with E-state index in [1.54, 1.807) is 32.1 Å². The Balaban J connectivity index is 1.48. The maximum absolute atomic E-state index is 13.8. The number of hydrogen-bond acceptors (Lipinski definition) is 12. The Labute approximate surface area is 289 Å². The Morgan fingerprint density at radius 1 is 1.12 bits per heavy atom. The van der Waals surface area contributed by atoms with Crippen molar-refractivity contribution in [3.05, 3.63) is 48.3 Å². The SMILES string of the molecule is CCOP(=O)(COC1=CCC(CC(NC(=O)OC2COC3OCCC23)C(O)CN(CC(C)C)S(=O)(=O)c2ccc(OC)cc2)C=C1)OCC. The first-order chi connectivity index (χ1) is 23.4. The number of carbonyl (C=O) groups is 1. The molecule has 1 aromatic rings. The number of allylic oxidation sites excluding steroid dienone is 3. The number of nitrogens with zero attached hydrogens (tertiary/aromatic N) is 1. The van der Waals surface area contributed by atoms with Crippen molar-refractivity contribution in [2.24, 2.45) is 17.8 Å². The Morgan fingerprint density at radius 2 is 1.84 bits per heavy atom. The number of alkyl carbamates (subject to hydrolysis) is 1. The van der Waals surface area contributed by atoms with Gasteiger partial charge in [-0.15, -0.1) is 0 Å². The molecule has 14 nitrogen and oxygen atoms in total. The summed E-state index contributed by atoms with van der Waals surface area (Å²) in [5, 5.41) is 14.5. The molecule has 6 atom stereocenters. The summed E-state index contributed by atoms with van der Waals surface area (Å²) >= 11 is 0. The lowest BCUT2D eigenvalue weighted by Crippen LogP contribution is -2.51. The van der Waals surface area contributed by atoms with E-state index in [4.69, 9.17) is 32.7 Å². The van der Waals surface area contributed by atoms with Crippen LogP contribution in [0.5, 0.6) is 5.75 Å². The quantitative estimate of drug-likeness (QED) is 0.189. The van der Waals surface area contributed by atoms with Crippen LogP contribution < -0.4 is 10.1 Å². The van der Waals surface area contributed by atoms with Crippen molar-refractivity contribution in [2.75, 3.05) is 53.0 Å². The van der Waals surface area contributed by atoms with Crippen LogP contribution in [-0.2, 0) is 42.6 Å². The summed E-state index contributed by atoms with van der Waals surface area (Å²) in [6.07, 6.45) is 3.71. The van der Waals surface area contributed by atoms with Gasteiger partial charge >= 0.3 is 13.7 Å². The number of aliphatic hydroxyl groups is 1. The monoisotopic (exact) mass is 730 g/mol. The number of aliphatic hydroxyl groups excluding tert-OH is 1. The maximum atomic E-state index is 13.8. The van der Waals surface area contributed by atoms with E-state index in [1.165, 1.54) is 23.5 Å². The topological polar surface area (TPSA) is 168 Å². The van der Waals surface area contributed by atoms with Crippen LogP contribution in [0.15, 0.2) is 53.1 Å². The van der Waals surface area contributed by atoms with Crippen molar-refractivity contribution < 1.29 is 55.6 Å². The predicted octanol–water partition coefficient (Wildman–Crippen LogP) is 4.65. The van der Waals surface area contributed by atoms with Crippen molar-refractivity contribution in [1.82, 2.24) is 9.62 Å². The average molecular weight is 731 g/mol. The number of hydrogen-bond donors (Lipinski definition) is 2. The second-order valence-electron chi connectivity index (χ2n) is 12.6. The number of carbonyl (C=O) groups excluding carboxylic acids is 1. The standard InChI is InChI=1S/C33H51N2O12PS/c1-6-45-48(38,46-7-2)22-44-26-10-8-24(9-11-26)18-29(34-33(37)47-31-21-43-32-28(31)16-17-42-32)30(36)20-35(19-23(3)4)49(39,40)27-14-12-25(41-5)13-15-27/h8,10-15,23-24,28-32,36H,6-7,9,16-22H2,1-5H3,(H,34,37). The highest BCUT2D eigenvalue weighted by molar-refractivity contribution is 7.89. The molecule has 49 heavy (non-hydrogen) atoms. The molecule has 1 aromatic carbocycles. The van der Waals surface area contributed by atoms with Gasteiger partial charge in [0.1, 0.15) is 17.6 Å². The van der Waals surface area contributed by atoms with Gasteiger partial charge in [-0.1, -0.05) is 19.9 Å². The predicted molar refractivity (Wildman–Crippen MR) is 180 cm³/mol. The molecule has 0 radical (unpaired) electrons. The molecule has 4 rings (SSSR count). The second kappa shape index (κ2) is 18.1. The average Bonchev–Trinajstić information content (AvgIpc) is 3.69. The van der Waals surface area contributed by atoms with Crippen LogP contribution >= 0.6 is 7.60 Å². The van der Waals surface area contributed by atoms with Gasteiger partial charge in [-0.05, 0) is 81.4 Å². The van der Waals surface area contributed by atoms with Gasteiger partial charge in [-0.3, -0.25) is 4.57 Å². The summed E-state index contributed by atoms with van der Waals surface area (Å²) in [6, 6.07) is 5.18. The van der Waals surface area contributed by atoms with Crippen LogP contribution in [-0.4, -0.2) is 101 Å². The molecule has 2 aliphatic heterocycles. The Hall–Kier alpha value is -2.49. The van der Waals surface area contributed by atoms with E-state index in [0.717, 1.165) is 0 Å². The van der Waals surface area contributed by atoms with Crippen LogP contribution in [0.1, 0.15) is 47.0 Å². The molecule has 0 aromatic heterocycles. The number of methoxy groups -OCH3 is 1. The molecule has 2 fully saturated rings. The largest absolute Gasteiger partial charge is 0.497 e. The highest BCUT2D eigenvalue weighted by atomic mass is 32.2. The molecular formula is C33H51N2O12PS. The zero-order valence-electron chi connectivity index (χ0n) is 28.9. The lowest BCUT2D eigenvalue weighted by Gasteiger charge is -2.32. The normalized spacial score (nSPS) is 23.6. The summed E-state index contributed by atoms with van der Waals surface area (Å²) in [7, 11) is -5.92. The van der Waals surface area contributed by atoms with Crippen LogP contribution in [0.3, 0.4) is 0 Å². The van der Waals surface area contributed by atoms with Crippen LogP contribution in [0.2, 0.25) is 0 Å². The minimum absolute atomic E-state index is 0.0499. The minimum Gasteiger partial charge on any atom is -0.497 e. The fraction of sp³-hybridized carbons (Fsp3) is 0.667. The lowest BCUT2D eigenvalue weighted by molar-refractivity contribution is -0.0907. The third-order valence-corrected chi connectivity index (χ3v) is 12.0. The van der Waals surface area contributed by atoms with Gasteiger partial charge < -0.3 is 43.2 Å². The number of rotatable bonds is 19. The zero-order chi connectivity index (χ0) is 35.6. The smallest absolute Gasteiger partial charge is 0.407 e. The molecule has 1 amide bonds. The first kappa shape index (κ1) is 39.3. The van der Waals surface area contributed by atoms with E-state index in [-0.39, 0.29) is 68.3 Å². The molecule has 2 heterocycles. The first-order valence-electron chi connectivity index (χ1n) is 16.8. The van der Waals surface area contributed by atoms with E-state index in [2.05, 4.69) is 5.32 Å². The van der Waals surface area contributed by atoms with Crippen LogP contribution in [0.25, 0.3) is 0 Å². The third-order valence-electron chi connectivity index (χ3n) is 8.42. The Bertz CT molecular complexity index is 1430. The van der Waals surface area contributed by atoms with Crippen LogP contribution in [0, 0.1) is 17.8 Å². The molecule has 2 N–H and O–H groups in total. The number of fused-ring (bicyclic) bond motifs is 1. The molecule has 276 valence electrons. The summed E-state index contributed by atoms with van der Waals surface area (Å²) in [5.41, 5.74) is 0. The van der Waals surface area contributed by atoms with Crippen molar-refractivity contribution in [2.45, 2.75) is 76.4 Å². The zero-order valence-corrected chi connectivity index (χ0v) is 30.6. The summed E-state index contributed by atoms with van der Waals surface area (Å²) < 4.78 is 80.0. The second-order valence-corrected chi connectivity index (χ2v) is 16.5. The van der Waals surface area contributed by atoms with Gasteiger partial charge in [-0.2, -0.15) is 4.31 Å². The maximum Gasteiger partial charge on any atom is 0.407 e. The number of ether oxygens (including phenoxy) is 5. The molecular weight excluding hydrogens is 679 g/mol.